The van der Waals surface area contributed by atoms with E-state index in [0.717, 1.165) is 12.4 Å². The lowest BCUT2D eigenvalue weighted by molar-refractivity contribution is -0.136. The van der Waals surface area contributed by atoms with E-state index in [9.17, 15) is 9.18 Å². The summed E-state index contributed by atoms with van der Waals surface area (Å²) in [6.07, 6.45) is 2.14. The van der Waals surface area contributed by atoms with Gasteiger partial charge in [0.15, 0.2) is 11.6 Å². The molecule has 7 heteroatoms. The van der Waals surface area contributed by atoms with E-state index in [-0.39, 0.29) is 0 Å². The van der Waals surface area contributed by atoms with Crippen molar-refractivity contribution in [3.8, 4) is 11.4 Å². The van der Waals surface area contributed by atoms with Gasteiger partial charge >= 0.3 is 0 Å². The highest BCUT2D eigenvalue weighted by Crippen LogP contribution is 2.66. The molecule has 5 nitrogen and oxygen atoms in total. The first-order chi connectivity index (χ1) is 13.1. The molecule has 0 bridgehead atoms. The highest BCUT2D eigenvalue weighted by molar-refractivity contribution is 5.92. The summed E-state index contributed by atoms with van der Waals surface area (Å²) in [5.74, 6) is -2.67. The van der Waals surface area contributed by atoms with Crippen LogP contribution in [-0.2, 0) is 4.79 Å². The third-order valence-electron chi connectivity index (χ3n) is 4.89. The molecule has 1 amide bonds. The van der Waals surface area contributed by atoms with Gasteiger partial charge in [-0.1, -0.05) is 54.6 Å². The maximum absolute atomic E-state index is 15.4. The van der Waals surface area contributed by atoms with Crippen molar-refractivity contribution in [2.24, 2.45) is 0 Å². The number of amides is 1. The lowest BCUT2D eigenvalue weighted by atomic mass is 10.0. The standard InChI is InChI=1S/C20H15F2N3O2/c21-15-10-23-18(24-11-15)14-8-6-13(7-9-14)17-16(12-4-2-1-3-5-12)20(17,22)19(26)25-27/h1-11,16-17,27H,(H,25,26). The molecule has 1 saturated carbocycles. The SMILES string of the molecule is O=C(NO)C1(F)C(c2ccccc2)C1c1ccc(-c2ncc(F)cn2)cc1. The quantitative estimate of drug-likeness (QED) is 0.548. The zero-order chi connectivity index (χ0) is 19.0. The van der Waals surface area contributed by atoms with Crippen LogP contribution in [0, 0.1) is 5.82 Å². The van der Waals surface area contributed by atoms with Crippen LogP contribution in [0.15, 0.2) is 67.0 Å². The Labute approximate surface area is 153 Å². The smallest absolute Gasteiger partial charge is 0.282 e. The van der Waals surface area contributed by atoms with Gasteiger partial charge < -0.3 is 0 Å². The average Bonchev–Trinajstić information content (AvgIpc) is 3.35. The number of hydrogen-bond acceptors (Lipinski definition) is 4. The molecule has 2 N–H and O–H groups in total. The molecule has 2 aromatic carbocycles. The Morgan fingerprint density at radius 2 is 1.52 bits per heavy atom. The third kappa shape index (κ3) is 2.86. The van der Waals surface area contributed by atoms with Gasteiger partial charge in [0.25, 0.3) is 5.91 Å². The van der Waals surface area contributed by atoms with E-state index in [1.807, 2.05) is 6.07 Å². The molecular weight excluding hydrogens is 352 g/mol. The number of rotatable bonds is 4. The number of benzene rings is 2. The number of halogens is 2. The minimum Gasteiger partial charge on any atom is -0.289 e. The molecule has 27 heavy (non-hydrogen) atoms. The average molecular weight is 367 g/mol. The fraction of sp³-hybridized carbons (Fsp3) is 0.150. The second-order valence-electron chi connectivity index (χ2n) is 6.42. The van der Waals surface area contributed by atoms with Crippen molar-refractivity contribution in [1.29, 1.82) is 0 Å². The molecule has 0 radical (unpaired) electrons. The summed E-state index contributed by atoms with van der Waals surface area (Å²) < 4.78 is 28.4. The summed E-state index contributed by atoms with van der Waals surface area (Å²) >= 11 is 0. The molecule has 1 aliphatic rings. The number of nitrogens with one attached hydrogen (secondary N) is 1. The molecule has 0 saturated heterocycles. The molecule has 0 aliphatic heterocycles. The summed E-state index contributed by atoms with van der Waals surface area (Å²) in [6, 6.07) is 15.6. The first-order valence-electron chi connectivity index (χ1n) is 8.32. The van der Waals surface area contributed by atoms with Gasteiger partial charge in [-0.05, 0) is 11.1 Å². The van der Waals surface area contributed by atoms with Crippen molar-refractivity contribution in [3.05, 3.63) is 83.9 Å². The van der Waals surface area contributed by atoms with Crippen LogP contribution in [-0.4, -0.2) is 26.8 Å². The van der Waals surface area contributed by atoms with E-state index >= 15 is 4.39 Å². The molecule has 1 aromatic heterocycles. The Bertz CT molecular complexity index is 965. The van der Waals surface area contributed by atoms with Gasteiger partial charge in [-0.15, -0.1) is 0 Å². The highest BCUT2D eigenvalue weighted by atomic mass is 19.1. The van der Waals surface area contributed by atoms with Crippen LogP contribution in [0.2, 0.25) is 0 Å². The fourth-order valence-corrected chi connectivity index (χ4v) is 3.56. The van der Waals surface area contributed by atoms with Crippen LogP contribution in [0.5, 0.6) is 0 Å². The minimum absolute atomic E-state index is 0.345. The van der Waals surface area contributed by atoms with Crippen LogP contribution in [0.4, 0.5) is 8.78 Å². The van der Waals surface area contributed by atoms with Crippen LogP contribution in [0.3, 0.4) is 0 Å². The van der Waals surface area contributed by atoms with E-state index in [1.165, 1.54) is 5.48 Å². The molecular formula is C20H15F2N3O2. The van der Waals surface area contributed by atoms with Crippen molar-refractivity contribution in [1.82, 2.24) is 15.4 Å². The molecule has 3 atom stereocenters. The summed E-state index contributed by atoms with van der Waals surface area (Å²) in [7, 11) is 0. The molecule has 1 aliphatic carbocycles. The van der Waals surface area contributed by atoms with Gasteiger partial charge in [0.2, 0.25) is 5.67 Å². The Hall–Kier alpha value is -3.19. The van der Waals surface area contributed by atoms with Crippen LogP contribution >= 0.6 is 0 Å². The van der Waals surface area contributed by atoms with E-state index in [2.05, 4.69) is 9.97 Å². The van der Waals surface area contributed by atoms with Crippen LogP contribution < -0.4 is 5.48 Å². The number of carbonyl (C=O) groups is 1. The molecule has 1 fully saturated rings. The topological polar surface area (TPSA) is 75.1 Å². The zero-order valence-corrected chi connectivity index (χ0v) is 14.0. The number of alkyl halides is 1. The monoisotopic (exact) mass is 367 g/mol. The molecule has 1 heterocycles. The Morgan fingerprint density at radius 1 is 0.963 bits per heavy atom. The molecule has 136 valence electrons. The number of hydroxylamine groups is 1. The second kappa shape index (κ2) is 6.51. The summed E-state index contributed by atoms with van der Waals surface area (Å²) in [6.45, 7) is 0. The molecule has 0 spiro atoms. The number of carbonyl (C=O) groups excluding carboxylic acids is 1. The Kier molecular flexibility index (Phi) is 4.16. The van der Waals surface area contributed by atoms with E-state index in [4.69, 9.17) is 5.21 Å². The number of nitrogens with zero attached hydrogens (tertiary/aromatic N) is 2. The molecule has 3 aromatic rings. The molecule has 3 unspecified atom stereocenters. The number of aromatic nitrogens is 2. The normalized spacial score (nSPS) is 23.7. The van der Waals surface area contributed by atoms with E-state index < -0.39 is 29.2 Å². The highest BCUT2D eigenvalue weighted by Gasteiger charge is 2.72. The first-order valence-corrected chi connectivity index (χ1v) is 8.32. The Balaban J connectivity index is 1.67. The summed E-state index contributed by atoms with van der Waals surface area (Å²) in [5.41, 5.74) is 1.14. The third-order valence-corrected chi connectivity index (χ3v) is 4.89. The van der Waals surface area contributed by atoms with Gasteiger partial charge in [0, 0.05) is 17.4 Å². The van der Waals surface area contributed by atoms with Gasteiger partial charge in [-0.25, -0.2) is 24.2 Å². The largest absolute Gasteiger partial charge is 0.289 e. The van der Waals surface area contributed by atoms with E-state index in [1.54, 1.807) is 48.5 Å². The van der Waals surface area contributed by atoms with Gasteiger partial charge in [0.1, 0.15) is 0 Å². The van der Waals surface area contributed by atoms with Crippen molar-refractivity contribution in [2.75, 3.05) is 0 Å². The van der Waals surface area contributed by atoms with E-state index in [0.29, 0.717) is 22.5 Å². The van der Waals surface area contributed by atoms with Crippen molar-refractivity contribution in [2.45, 2.75) is 17.5 Å². The number of hydrogen-bond donors (Lipinski definition) is 2. The van der Waals surface area contributed by atoms with Crippen LogP contribution in [0.1, 0.15) is 23.0 Å². The predicted octanol–water partition coefficient (Wildman–Crippen LogP) is 3.38. The maximum atomic E-state index is 15.4. The lowest BCUT2D eigenvalue weighted by Crippen LogP contribution is -2.33. The molecule has 4 rings (SSSR count). The van der Waals surface area contributed by atoms with Crippen LogP contribution in [0.25, 0.3) is 11.4 Å². The zero-order valence-electron chi connectivity index (χ0n) is 14.0. The predicted molar refractivity (Wildman–Crippen MR) is 93.1 cm³/mol. The first kappa shape index (κ1) is 17.2. The minimum atomic E-state index is -2.23. The summed E-state index contributed by atoms with van der Waals surface area (Å²) in [5, 5.41) is 8.97. The van der Waals surface area contributed by atoms with Crippen molar-refractivity contribution >= 4 is 5.91 Å². The van der Waals surface area contributed by atoms with Crippen molar-refractivity contribution < 1.29 is 18.8 Å². The summed E-state index contributed by atoms with van der Waals surface area (Å²) in [4.78, 5) is 19.8. The second-order valence-corrected chi connectivity index (χ2v) is 6.42. The fourth-order valence-electron chi connectivity index (χ4n) is 3.56. The van der Waals surface area contributed by atoms with Crippen molar-refractivity contribution in [3.63, 3.8) is 0 Å². The Morgan fingerprint density at radius 3 is 2.07 bits per heavy atom. The lowest BCUT2D eigenvalue weighted by Gasteiger charge is -2.06. The van der Waals surface area contributed by atoms with Gasteiger partial charge in [0.05, 0.1) is 12.4 Å². The van der Waals surface area contributed by atoms with Gasteiger partial charge in [-0.2, -0.15) is 0 Å². The maximum Gasteiger partial charge on any atom is 0.282 e. The van der Waals surface area contributed by atoms with Gasteiger partial charge in [-0.3, -0.25) is 10.0 Å².